The zero-order valence-electron chi connectivity index (χ0n) is 12.2. The number of aryl methyl sites for hydroxylation is 2. The molecule has 0 spiro atoms. The van der Waals surface area contributed by atoms with Crippen LogP contribution in [-0.2, 0) is 4.74 Å². The summed E-state index contributed by atoms with van der Waals surface area (Å²) in [5.41, 5.74) is 2.67. The van der Waals surface area contributed by atoms with E-state index in [9.17, 15) is 4.79 Å². The van der Waals surface area contributed by atoms with Gasteiger partial charge in [0.2, 0.25) is 0 Å². The molecule has 1 heterocycles. The van der Waals surface area contributed by atoms with E-state index in [0.717, 1.165) is 16.7 Å². The smallest absolute Gasteiger partial charge is 0.169 e. The minimum atomic E-state index is -0.0609. The molecule has 0 bridgehead atoms. The molecule has 1 aliphatic rings. The number of ether oxygens (including phenoxy) is 1. The lowest BCUT2D eigenvalue weighted by Crippen LogP contribution is -2.27. The lowest BCUT2D eigenvalue weighted by molar-refractivity contribution is 0.0491. The summed E-state index contributed by atoms with van der Waals surface area (Å²) >= 11 is 6.09. The van der Waals surface area contributed by atoms with Gasteiger partial charge >= 0.3 is 0 Å². The van der Waals surface area contributed by atoms with E-state index in [1.807, 2.05) is 39.8 Å². The van der Waals surface area contributed by atoms with Crippen molar-refractivity contribution in [3.8, 4) is 0 Å². The summed E-state index contributed by atoms with van der Waals surface area (Å²) in [5, 5.41) is 0.714. The van der Waals surface area contributed by atoms with Gasteiger partial charge in [-0.1, -0.05) is 18.5 Å². The topological polar surface area (TPSA) is 26.3 Å². The third-order valence-corrected chi connectivity index (χ3v) is 4.72. The molecule has 0 amide bonds. The summed E-state index contributed by atoms with van der Waals surface area (Å²) in [5.74, 6) is 0.369. The minimum absolute atomic E-state index is 0.0205. The highest BCUT2D eigenvalue weighted by Crippen LogP contribution is 2.35. The molecule has 1 aromatic rings. The highest BCUT2D eigenvalue weighted by Gasteiger charge is 2.42. The molecule has 1 saturated heterocycles. The van der Waals surface area contributed by atoms with Crippen LogP contribution in [0.1, 0.15) is 42.3 Å². The molecule has 2 rings (SSSR count). The summed E-state index contributed by atoms with van der Waals surface area (Å²) in [7, 11) is 0. The van der Waals surface area contributed by atoms with Crippen LogP contribution in [0.4, 0.5) is 0 Å². The molecule has 3 heteroatoms. The fourth-order valence-corrected chi connectivity index (χ4v) is 3.16. The number of benzene rings is 1. The number of carbonyl (C=O) groups excluding carboxylic acids is 1. The number of hydrogen-bond acceptors (Lipinski definition) is 2. The van der Waals surface area contributed by atoms with Crippen molar-refractivity contribution in [1.82, 2.24) is 0 Å². The molecular formula is C16H21ClO2. The van der Waals surface area contributed by atoms with Gasteiger partial charge in [-0.15, -0.1) is 0 Å². The SMILES string of the molecule is Cc1cc(C(=O)C2C(C)OC(C)C2C)c(C)cc1Cl. The van der Waals surface area contributed by atoms with Crippen LogP contribution in [0.2, 0.25) is 5.02 Å². The predicted octanol–water partition coefficient (Wildman–Crippen LogP) is 4.20. The molecular weight excluding hydrogens is 260 g/mol. The van der Waals surface area contributed by atoms with E-state index in [-0.39, 0.29) is 29.8 Å². The van der Waals surface area contributed by atoms with E-state index in [0.29, 0.717) is 5.02 Å². The summed E-state index contributed by atoms with van der Waals surface area (Å²) < 4.78 is 5.78. The van der Waals surface area contributed by atoms with Crippen molar-refractivity contribution in [2.24, 2.45) is 11.8 Å². The van der Waals surface area contributed by atoms with E-state index < -0.39 is 0 Å². The molecule has 0 aromatic heterocycles. The molecule has 0 radical (unpaired) electrons. The van der Waals surface area contributed by atoms with Crippen molar-refractivity contribution in [3.05, 3.63) is 33.8 Å². The van der Waals surface area contributed by atoms with Gasteiger partial charge in [0.05, 0.1) is 18.1 Å². The van der Waals surface area contributed by atoms with E-state index in [2.05, 4.69) is 6.92 Å². The van der Waals surface area contributed by atoms with Gasteiger partial charge in [0.15, 0.2) is 5.78 Å². The summed E-state index contributed by atoms with van der Waals surface area (Å²) in [4.78, 5) is 12.8. The van der Waals surface area contributed by atoms with Gasteiger partial charge in [0.1, 0.15) is 0 Å². The Hall–Kier alpha value is -0.860. The minimum Gasteiger partial charge on any atom is -0.374 e. The zero-order valence-corrected chi connectivity index (χ0v) is 12.9. The maximum absolute atomic E-state index is 12.8. The Morgan fingerprint density at radius 2 is 1.74 bits per heavy atom. The van der Waals surface area contributed by atoms with Crippen molar-refractivity contribution in [2.75, 3.05) is 0 Å². The van der Waals surface area contributed by atoms with Crippen LogP contribution in [0.3, 0.4) is 0 Å². The molecule has 0 N–H and O–H groups in total. The van der Waals surface area contributed by atoms with Gasteiger partial charge in [-0.2, -0.15) is 0 Å². The summed E-state index contributed by atoms with van der Waals surface area (Å²) in [6, 6.07) is 3.78. The molecule has 104 valence electrons. The lowest BCUT2D eigenvalue weighted by atomic mass is 9.82. The van der Waals surface area contributed by atoms with Crippen LogP contribution in [-0.4, -0.2) is 18.0 Å². The third kappa shape index (κ3) is 2.56. The first kappa shape index (κ1) is 14.5. The van der Waals surface area contributed by atoms with Crippen molar-refractivity contribution in [3.63, 3.8) is 0 Å². The maximum atomic E-state index is 12.8. The summed E-state index contributed by atoms with van der Waals surface area (Å²) in [6.45, 7) is 9.98. The van der Waals surface area contributed by atoms with E-state index in [1.54, 1.807) is 0 Å². The standard InChI is InChI=1S/C16H21ClO2/c1-8-7-14(17)9(2)6-13(8)16(18)15-10(3)11(4)19-12(15)5/h6-7,10-12,15H,1-5H3. The average Bonchev–Trinajstić information content (AvgIpc) is 2.57. The molecule has 19 heavy (non-hydrogen) atoms. The van der Waals surface area contributed by atoms with Crippen LogP contribution in [0.15, 0.2) is 12.1 Å². The zero-order chi connectivity index (χ0) is 14.3. The largest absolute Gasteiger partial charge is 0.374 e. The molecule has 1 aliphatic heterocycles. The normalized spacial score (nSPS) is 30.6. The van der Waals surface area contributed by atoms with Gasteiger partial charge in [-0.05, 0) is 56.9 Å². The number of ketones is 1. The molecule has 1 aromatic carbocycles. The number of hydrogen-bond donors (Lipinski definition) is 0. The molecule has 0 aliphatic carbocycles. The number of carbonyl (C=O) groups is 1. The Labute approximate surface area is 120 Å². The first-order valence-corrected chi connectivity index (χ1v) is 7.17. The maximum Gasteiger partial charge on any atom is 0.169 e. The Balaban J connectivity index is 2.37. The van der Waals surface area contributed by atoms with Crippen LogP contribution < -0.4 is 0 Å². The van der Waals surface area contributed by atoms with Crippen molar-refractivity contribution >= 4 is 17.4 Å². The van der Waals surface area contributed by atoms with Crippen LogP contribution in [0.5, 0.6) is 0 Å². The molecule has 0 saturated carbocycles. The van der Waals surface area contributed by atoms with Gasteiger partial charge in [-0.3, -0.25) is 4.79 Å². The Morgan fingerprint density at radius 3 is 2.26 bits per heavy atom. The Bertz CT molecular complexity index is 510. The Kier molecular flexibility index (Phi) is 4.03. The second kappa shape index (κ2) is 5.26. The number of rotatable bonds is 2. The first-order chi connectivity index (χ1) is 8.82. The molecule has 4 unspecified atom stereocenters. The Morgan fingerprint density at radius 1 is 1.11 bits per heavy atom. The highest BCUT2D eigenvalue weighted by atomic mass is 35.5. The van der Waals surface area contributed by atoms with E-state index >= 15 is 0 Å². The average molecular weight is 281 g/mol. The van der Waals surface area contributed by atoms with Crippen LogP contribution in [0.25, 0.3) is 0 Å². The van der Waals surface area contributed by atoms with E-state index in [1.165, 1.54) is 0 Å². The number of halogens is 1. The van der Waals surface area contributed by atoms with E-state index in [4.69, 9.17) is 16.3 Å². The van der Waals surface area contributed by atoms with Crippen molar-refractivity contribution in [2.45, 2.75) is 46.8 Å². The highest BCUT2D eigenvalue weighted by molar-refractivity contribution is 6.31. The fraction of sp³-hybridized carbons (Fsp3) is 0.562. The third-order valence-electron chi connectivity index (χ3n) is 4.32. The van der Waals surface area contributed by atoms with Crippen LogP contribution in [0, 0.1) is 25.7 Å². The van der Waals surface area contributed by atoms with Gasteiger partial charge in [0.25, 0.3) is 0 Å². The van der Waals surface area contributed by atoms with Gasteiger partial charge in [0, 0.05) is 10.6 Å². The summed E-state index contributed by atoms with van der Waals surface area (Å²) in [6.07, 6.45) is 0.116. The molecule has 1 fully saturated rings. The quantitative estimate of drug-likeness (QED) is 0.759. The van der Waals surface area contributed by atoms with Crippen LogP contribution >= 0.6 is 11.6 Å². The second-order valence-electron chi connectivity index (χ2n) is 5.71. The second-order valence-corrected chi connectivity index (χ2v) is 6.12. The fourth-order valence-electron chi connectivity index (χ4n) is 2.94. The van der Waals surface area contributed by atoms with Crippen molar-refractivity contribution < 1.29 is 9.53 Å². The van der Waals surface area contributed by atoms with Crippen molar-refractivity contribution in [1.29, 1.82) is 0 Å². The number of Topliss-reactive ketones (excluding diaryl/α,β-unsaturated/α-hetero) is 1. The first-order valence-electron chi connectivity index (χ1n) is 6.79. The van der Waals surface area contributed by atoms with Gasteiger partial charge < -0.3 is 4.74 Å². The lowest BCUT2D eigenvalue weighted by Gasteiger charge is -2.19. The molecule has 2 nitrogen and oxygen atoms in total. The predicted molar refractivity (Wildman–Crippen MR) is 77.9 cm³/mol. The molecule has 4 atom stereocenters. The van der Waals surface area contributed by atoms with Gasteiger partial charge in [-0.25, -0.2) is 0 Å². The monoisotopic (exact) mass is 280 g/mol.